The third-order valence-corrected chi connectivity index (χ3v) is 4.50. The molecule has 0 spiro atoms. The van der Waals surface area contributed by atoms with Crippen LogP contribution in [0.25, 0.3) is 0 Å². The van der Waals surface area contributed by atoms with E-state index in [1.807, 2.05) is 12.1 Å². The molecule has 1 N–H and O–H groups in total. The Morgan fingerprint density at radius 3 is 2.29 bits per heavy atom. The van der Waals surface area contributed by atoms with Gasteiger partial charge in [0, 0.05) is 50.5 Å². The number of piperazine rings is 1. The molecule has 0 bridgehead atoms. The van der Waals surface area contributed by atoms with Crippen molar-refractivity contribution >= 4 is 5.69 Å². The van der Waals surface area contributed by atoms with Gasteiger partial charge in [0.25, 0.3) is 0 Å². The number of nitrogens with one attached hydrogen (secondary N) is 1. The molecule has 1 aromatic rings. The molecular weight excluding hydrogens is 265 g/mol. The van der Waals surface area contributed by atoms with Crippen LogP contribution in [0, 0.1) is 5.82 Å². The minimum atomic E-state index is -0.165. The Morgan fingerprint density at radius 2 is 1.71 bits per heavy atom. The summed E-state index contributed by atoms with van der Waals surface area (Å²) in [6, 6.07) is 7.99. The second-order valence-electron chi connectivity index (χ2n) is 6.07. The quantitative estimate of drug-likeness (QED) is 0.870. The molecule has 21 heavy (non-hydrogen) atoms. The van der Waals surface area contributed by atoms with Gasteiger partial charge in [-0.2, -0.15) is 0 Å². The molecule has 3 nitrogen and oxygen atoms in total. The molecule has 2 unspecified atom stereocenters. The molecule has 0 saturated carbocycles. The molecular formula is C17H28FN3. The van der Waals surface area contributed by atoms with Gasteiger partial charge in [0.1, 0.15) is 5.82 Å². The van der Waals surface area contributed by atoms with E-state index >= 15 is 0 Å². The lowest BCUT2D eigenvalue weighted by atomic mass is 10.2. The first-order valence-electron chi connectivity index (χ1n) is 8.08. The molecule has 1 fully saturated rings. The summed E-state index contributed by atoms with van der Waals surface area (Å²) < 4.78 is 13.0. The first-order valence-corrected chi connectivity index (χ1v) is 8.08. The standard InChI is InChI=1S/C17H28FN3/c1-4-14(2)19-13-15(3)20-9-11-21(12-10-20)17-7-5-16(18)6-8-17/h5-8,14-15,19H,4,9-13H2,1-3H3. The van der Waals surface area contributed by atoms with Crippen molar-refractivity contribution in [3.63, 3.8) is 0 Å². The molecule has 118 valence electrons. The van der Waals surface area contributed by atoms with Gasteiger partial charge in [-0.3, -0.25) is 4.90 Å². The number of hydrogen-bond donors (Lipinski definition) is 1. The summed E-state index contributed by atoms with van der Waals surface area (Å²) in [7, 11) is 0. The van der Waals surface area contributed by atoms with E-state index in [4.69, 9.17) is 0 Å². The Kier molecular flexibility index (Phi) is 6.00. The SMILES string of the molecule is CCC(C)NCC(C)N1CCN(c2ccc(F)cc2)CC1. The topological polar surface area (TPSA) is 18.5 Å². The lowest BCUT2D eigenvalue weighted by molar-refractivity contribution is 0.190. The van der Waals surface area contributed by atoms with Gasteiger partial charge in [-0.05, 0) is 44.5 Å². The van der Waals surface area contributed by atoms with Gasteiger partial charge in [0.05, 0.1) is 0 Å². The smallest absolute Gasteiger partial charge is 0.123 e. The van der Waals surface area contributed by atoms with E-state index in [1.165, 1.54) is 6.42 Å². The van der Waals surface area contributed by atoms with Crippen LogP contribution in [0.5, 0.6) is 0 Å². The molecule has 1 aliphatic rings. The molecule has 1 heterocycles. The zero-order chi connectivity index (χ0) is 15.2. The predicted octanol–water partition coefficient (Wildman–Crippen LogP) is 2.72. The Balaban J connectivity index is 1.78. The van der Waals surface area contributed by atoms with Crippen molar-refractivity contribution < 1.29 is 4.39 Å². The molecule has 0 aromatic heterocycles. The van der Waals surface area contributed by atoms with Crippen molar-refractivity contribution in [2.24, 2.45) is 0 Å². The number of anilines is 1. The first kappa shape index (κ1) is 16.2. The van der Waals surface area contributed by atoms with Gasteiger partial charge in [-0.1, -0.05) is 6.92 Å². The van der Waals surface area contributed by atoms with Crippen molar-refractivity contribution in [1.29, 1.82) is 0 Å². The van der Waals surface area contributed by atoms with E-state index < -0.39 is 0 Å². The second-order valence-corrected chi connectivity index (χ2v) is 6.07. The van der Waals surface area contributed by atoms with Gasteiger partial charge < -0.3 is 10.2 Å². The van der Waals surface area contributed by atoms with E-state index in [0.29, 0.717) is 12.1 Å². The normalized spacial score (nSPS) is 19.5. The maximum atomic E-state index is 13.0. The molecule has 1 aliphatic heterocycles. The van der Waals surface area contributed by atoms with Crippen molar-refractivity contribution in [3.05, 3.63) is 30.1 Å². The third-order valence-electron chi connectivity index (χ3n) is 4.50. The summed E-state index contributed by atoms with van der Waals surface area (Å²) in [4.78, 5) is 4.88. The van der Waals surface area contributed by atoms with Gasteiger partial charge in [0.2, 0.25) is 0 Å². The van der Waals surface area contributed by atoms with Gasteiger partial charge >= 0.3 is 0 Å². The van der Waals surface area contributed by atoms with Crippen LogP contribution in [0.1, 0.15) is 27.2 Å². The highest BCUT2D eigenvalue weighted by Crippen LogP contribution is 2.17. The van der Waals surface area contributed by atoms with Gasteiger partial charge in [-0.25, -0.2) is 4.39 Å². The summed E-state index contributed by atoms with van der Waals surface area (Å²) >= 11 is 0. The molecule has 4 heteroatoms. The van der Waals surface area contributed by atoms with Crippen molar-refractivity contribution in [3.8, 4) is 0 Å². The van der Waals surface area contributed by atoms with Crippen LogP contribution in [-0.4, -0.2) is 49.7 Å². The molecule has 1 aromatic carbocycles. The Morgan fingerprint density at radius 1 is 1.10 bits per heavy atom. The third kappa shape index (κ3) is 4.68. The number of halogens is 1. The zero-order valence-electron chi connectivity index (χ0n) is 13.5. The van der Waals surface area contributed by atoms with Crippen LogP contribution in [0.3, 0.4) is 0 Å². The minimum Gasteiger partial charge on any atom is -0.369 e. The summed E-state index contributed by atoms with van der Waals surface area (Å²) in [5.74, 6) is -0.165. The van der Waals surface area contributed by atoms with E-state index in [0.717, 1.165) is 38.4 Å². The first-order chi connectivity index (χ1) is 10.1. The highest BCUT2D eigenvalue weighted by molar-refractivity contribution is 5.46. The molecule has 2 atom stereocenters. The number of benzene rings is 1. The number of hydrogen-bond acceptors (Lipinski definition) is 3. The van der Waals surface area contributed by atoms with Gasteiger partial charge in [0.15, 0.2) is 0 Å². The van der Waals surface area contributed by atoms with Crippen LogP contribution < -0.4 is 10.2 Å². The zero-order valence-corrected chi connectivity index (χ0v) is 13.5. The van der Waals surface area contributed by atoms with E-state index in [9.17, 15) is 4.39 Å². The summed E-state index contributed by atoms with van der Waals surface area (Å²) in [5, 5.41) is 3.58. The molecule has 0 radical (unpaired) electrons. The maximum Gasteiger partial charge on any atom is 0.123 e. The van der Waals surface area contributed by atoms with Crippen molar-refractivity contribution in [1.82, 2.24) is 10.2 Å². The Bertz CT molecular complexity index is 413. The van der Waals surface area contributed by atoms with Crippen molar-refractivity contribution in [2.75, 3.05) is 37.6 Å². The van der Waals surface area contributed by atoms with E-state index in [1.54, 1.807) is 12.1 Å². The minimum absolute atomic E-state index is 0.165. The lowest BCUT2D eigenvalue weighted by Gasteiger charge is -2.39. The van der Waals surface area contributed by atoms with Crippen LogP contribution >= 0.6 is 0 Å². The summed E-state index contributed by atoms with van der Waals surface area (Å²) in [6.07, 6.45) is 1.17. The number of nitrogens with zero attached hydrogens (tertiary/aromatic N) is 2. The average Bonchev–Trinajstić information content (AvgIpc) is 2.53. The van der Waals surface area contributed by atoms with Crippen LogP contribution in [0.4, 0.5) is 10.1 Å². The summed E-state index contributed by atoms with van der Waals surface area (Å²) in [6.45, 7) is 12.0. The molecule has 0 aliphatic carbocycles. The summed E-state index contributed by atoms with van der Waals surface area (Å²) in [5.41, 5.74) is 1.13. The molecule has 1 saturated heterocycles. The Hall–Kier alpha value is -1.13. The second kappa shape index (κ2) is 7.76. The fourth-order valence-corrected chi connectivity index (χ4v) is 2.72. The highest BCUT2D eigenvalue weighted by Gasteiger charge is 2.21. The van der Waals surface area contributed by atoms with E-state index in [-0.39, 0.29) is 5.82 Å². The highest BCUT2D eigenvalue weighted by atomic mass is 19.1. The fourth-order valence-electron chi connectivity index (χ4n) is 2.72. The maximum absolute atomic E-state index is 13.0. The lowest BCUT2D eigenvalue weighted by Crippen LogP contribution is -2.52. The van der Waals surface area contributed by atoms with Crippen LogP contribution in [0.2, 0.25) is 0 Å². The average molecular weight is 293 g/mol. The van der Waals surface area contributed by atoms with E-state index in [2.05, 4.69) is 35.9 Å². The largest absolute Gasteiger partial charge is 0.369 e. The van der Waals surface area contributed by atoms with Gasteiger partial charge in [-0.15, -0.1) is 0 Å². The molecule has 2 rings (SSSR count). The monoisotopic (exact) mass is 293 g/mol. The van der Waals surface area contributed by atoms with Crippen LogP contribution in [0.15, 0.2) is 24.3 Å². The predicted molar refractivity (Wildman–Crippen MR) is 87.4 cm³/mol. The van der Waals surface area contributed by atoms with Crippen molar-refractivity contribution in [2.45, 2.75) is 39.3 Å². The Labute approximate surface area is 128 Å². The fraction of sp³-hybridized carbons (Fsp3) is 0.647. The number of rotatable bonds is 6. The molecule has 0 amide bonds. The van der Waals surface area contributed by atoms with Crippen LogP contribution in [-0.2, 0) is 0 Å².